The lowest BCUT2D eigenvalue weighted by Crippen LogP contribution is -2.23. The van der Waals surface area contributed by atoms with Gasteiger partial charge in [-0.05, 0) is 64.3 Å². The predicted molar refractivity (Wildman–Crippen MR) is 93.4 cm³/mol. The SMILES string of the molecule is CCNC(Cc1cc(F)ccc1Br)c1cccc(Br)c1Cl. The third kappa shape index (κ3) is 4.28. The van der Waals surface area contributed by atoms with Gasteiger partial charge in [0.05, 0.1) is 5.02 Å². The van der Waals surface area contributed by atoms with Crippen LogP contribution >= 0.6 is 43.5 Å². The Balaban J connectivity index is 2.35. The summed E-state index contributed by atoms with van der Waals surface area (Å²) in [5.41, 5.74) is 1.92. The summed E-state index contributed by atoms with van der Waals surface area (Å²) in [5.74, 6) is -0.233. The Morgan fingerprint density at radius 3 is 2.67 bits per heavy atom. The van der Waals surface area contributed by atoms with E-state index in [0.29, 0.717) is 11.4 Å². The first-order chi connectivity index (χ1) is 10.0. The van der Waals surface area contributed by atoms with Gasteiger partial charge in [-0.1, -0.05) is 46.6 Å². The molecule has 0 aliphatic heterocycles. The van der Waals surface area contributed by atoms with Crippen molar-refractivity contribution in [1.29, 1.82) is 0 Å². The Labute approximate surface area is 146 Å². The first kappa shape index (κ1) is 16.9. The highest BCUT2D eigenvalue weighted by Gasteiger charge is 2.17. The summed E-state index contributed by atoms with van der Waals surface area (Å²) < 4.78 is 15.2. The lowest BCUT2D eigenvalue weighted by atomic mass is 9.98. The predicted octanol–water partition coefficient (Wildman–Crippen LogP) is 5.90. The van der Waals surface area contributed by atoms with Gasteiger partial charge in [0.1, 0.15) is 5.82 Å². The number of halogens is 4. The zero-order valence-corrected chi connectivity index (χ0v) is 15.4. The molecule has 2 rings (SSSR count). The summed E-state index contributed by atoms with van der Waals surface area (Å²) in [6.45, 7) is 2.85. The number of benzene rings is 2. The van der Waals surface area contributed by atoms with Gasteiger partial charge >= 0.3 is 0 Å². The molecule has 1 unspecified atom stereocenters. The lowest BCUT2D eigenvalue weighted by Gasteiger charge is -2.21. The van der Waals surface area contributed by atoms with Crippen LogP contribution in [0.25, 0.3) is 0 Å². The number of nitrogens with one attached hydrogen (secondary N) is 1. The van der Waals surface area contributed by atoms with Crippen molar-refractivity contribution in [3.63, 3.8) is 0 Å². The lowest BCUT2D eigenvalue weighted by molar-refractivity contribution is 0.545. The van der Waals surface area contributed by atoms with Crippen LogP contribution in [0.3, 0.4) is 0 Å². The van der Waals surface area contributed by atoms with Crippen molar-refractivity contribution in [2.75, 3.05) is 6.54 Å². The summed E-state index contributed by atoms with van der Waals surface area (Å²) >= 11 is 13.3. The fraction of sp³-hybridized carbons (Fsp3) is 0.250. The first-order valence-electron chi connectivity index (χ1n) is 6.64. The summed E-state index contributed by atoms with van der Waals surface area (Å²) in [5, 5.41) is 4.10. The van der Waals surface area contributed by atoms with Gasteiger partial charge < -0.3 is 5.32 Å². The molecule has 0 aliphatic rings. The second kappa shape index (κ2) is 7.73. The van der Waals surface area contributed by atoms with Crippen molar-refractivity contribution < 1.29 is 4.39 Å². The number of rotatable bonds is 5. The van der Waals surface area contributed by atoms with E-state index in [1.54, 1.807) is 12.1 Å². The molecular weight excluding hydrogens is 420 g/mol. The van der Waals surface area contributed by atoms with E-state index in [9.17, 15) is 4.39 Å². The molecule has 0 radical (unpaired) electrons. The van der Waals surface area contributed by atoms with Crippen LogP contribution in [-0.2, 0) is 6.42 Å². The van der Waals surface area contributed by atoms with Crippen LogP contribution in [0, 0.1) is 5.82 Å². The third-order valence-corrected chi connectivity index (χ3v) is 5.32. The van der Waals surface area contributed by atoms with Crippen molar-refractivity contribution in [3.05, 3.63) is 67.3 Å². The van der Waals surface area contributed by atoms with E-state index in [2.05, 4.69) is 37.2 Å². The molecular formula is C16H15Br2ClFN. The molecule has 0 amide bonds. The zero-order chi connectivity index (χ0) is 15.4. The van der Waals surface area contributed by atoms with Gasteiger partial charge in [-0.2, -0.15) is 0 Å². The minimum atomic E-state index is -0.233. The molecule has 0 heterocycles. The second-order valence-electron chi connectivity index (χ2n) is 4.69. The van der Waals surface area contributed by atoms with E-state index in [4.69, 9.17) is 11.6 Å². The molecule has 0 aromatic heterocycles. The van der Waals surface area contributed by atoms with E-state index in [1.165, 1.54) is 6.07 Å². The Morgan fingerprint density at radius 1 is 1.19 bits per heavy atom. The smallest absolute Gasteiger partial charge is 0.123 e. The zero-order valence-electron chi connectivity index (χ0n) is 11.5. The van der Waals surface area contributed by atoms with Crippen LogP contribution in [0.15, 0.2) is 45.3 Å². The minimum Gasteiger partial charge on any atom is -0.310 e. The minimum absolute atomic E-state index is 0.0260. The van der Waals surface area contributed by atoms with Gasteiger partial charge in [-0.25, -0.2) is 4.39 Å². The molecule has 0 saturated carbocycles. The fourth-order valence-electron chi connectivity index (χ4n) is 2.25. The maximum absolute atomic E-state index is 13.5. The Kier molecular flexibility index (Phi) is 6.23. The van der Waals surface area contributed by atoms with Crippen molar-refractivity contribution >= 4 is 43.5 Å². The Hall–Kier alpha value is -0.420. The Morgan fingerprint density at radius 2 is 1.95 bits per heavy atom. The second-order valence-corrected chi connectivity index (χ2v) is 6.78. The monoisotopic (exact) mass is 433 g/mol. The average molecular weight is 436 g/mol. The van der Waals surface area contributed by atoms with Crippen molar-refractivity contribution in [2.24, 2.45) is 0 Å². The molecule has 112 valence electrons. The number of likely N-dealkylation sites (N-methyl/N-ethyl adjacent to an activating group) is 1. The summed E-state index contributed by atoms with van der Waals surface area (Å²) in [6, 6.07) is 10.6. The largest absolute Gasteiger partial charge is 0.310 e. The molecule has 0 aliphatic carbocycles. The van der Waals surface area contributed by atoms with E-state index in [-0.39, 0.29) is 11.9 Å². The van der Waals surface area contributed by atoms with Crippen molar-refractivity contribution in [2.45, 2.75) is 19.4 Å². The highest BCUT2D eigenvalue weighted by molar-refractivity contribution is 9.10. The van der Waals surface area contributed by atoms with E-state index < -0.39 is 0 Å². The quantitative estimate of drug-likeness (QED) is 0.617. The molecule has 0 fully saturated rings. The van der Waals surface area contributed by atoms with E-state index in [0.717, 1.165) is 26.6 Å². The van der Waals surface area contributed by atoms with Gasteiger partial charge in [0.15, 0.2) is 0 Å². The van der Waals surface area contributed by atoms with Crippen LogP contribution in [0.5, 0.6) is 0 Å². The van der Waals surface area contributed by atoms with Crippen LogP contribution in [0.4, 0.5) is 4.39 Å². The van der Waals surface area contributed by atoms with E-state index in [1.807, 2.05) is 25.1 Å². The van der Waals surface area contributed by atoms with Crippen LogP contribution < -0.4 is 5.32 Å². The molecule has 1 nitrogen and oxygen atoms in total. The molecule has 5 heteroatoms. The molecule has 1 atom stereocenters. The normalized spacial score (nSPS) is 12.4. The van der Waals surface area contributed by atoms with Gasteiger partial charge in [0.2, 0.25) is 0 Å². The standard InChI is InChI=1S/C16H15Br2ClFN/c1-2-21-15(12-4-3-5-14(18)16(12)19)9-10-8-11(20)6-7-13(10)17/h3-8,15,21H,2,9H2,1H3. The summed E-state index contributed by atoms with van der Waals surface area (Å²) in [4.78, 5) is 0. The van der Waals surface area contributed by atoms with E-state index >= 15 is 0 Å². The maximum Gasteiger partial charge on any atom is 0.123 e. The van der Waals surface area contributed by atoms with Crippen LogP contribution in [-0.4, -0.2) is 6.54 Å². The number of hydrogen-bond acceptors (Lipinski definition) is 1. The number of hydrogen-bond donors (Lipinski definition) is 1. The molecule has 1 N–H and O–H groups in total. The van der Waals surface area contributed by atoms with Crippen LogP contribution in [0.2, 0.25) is 5.02 Å². The molecule has 21 heavy (non-hydrogen) atoms. The highest BCUT2D eigenvalue weighted by atomic mass is 79.9. The molecule has 0 saturated heterocycles. The van der Waals surface area contributed by atoms with Gasteiger partial charge in [-0.15, -0.1) is 0 Å². The molecule has 0 bridgehead atoms. The molecule has 2 aromatic rings. The molecule has 2 aromatic carbocycles. The van der Waals surface area contributed by atoms with Gasteiger partial charge in [0, 0.05) is 15.0 Å². The summed E-state index contributed by atoms with van der Waals surface area (Å²) in [7, 11) is 0. The van der Waals surface area contributed by atoms with Gasteiger partial charge in [0.25, 0.3) is 0 Å². The fourth-order valence-corrected chi connectivity index (χ4v) is 3.30. The van der Waals surface area contributed by atoms with Crippen molar-refractivity contribution in [3.8, 4) is 0 Å². The topological polar surface area (TPSA) is 12.0 Å². The third-order valence-electron chi connectivity index (χ3n) is 3.24. The first-order valence-corrected chi connectivity index (χ1v) is 8.60. The average Bonchev–Trinajstić information content (AvgIpc) is 2.45. The Bertz CT molecular complexity index is 634. The van der Waals surface area contributed by atoms with Crippen molar-refractivity contribution in [1.82, 2.24) is 5.32 Å². The highest BCUT2D eigenvalue weighted by Crippen LogP contribution is 2.33. The summed E-state index contributed by atoms with van der Waals surface area (Å²) in [6.07, 6.45) is 0.655. The maximum atomic E-state index is 13.5. The van der Waals surface area contributed by atoms with Crippen LogP contribution in [0.1, 0.15) is 24.1 Å². The molecule has 0 spiro atoms. The van der Waals surface area contributed by atoms with Gasteiger partial charge in [-0.3, -0.25) is 0 Å².